The molecule has 0 fully saturated rings. The number of carbonyl (C=O) groups is 2. The molecule has 0 saturated heterocycles. The third-order valence-electron chi connectivity index (χ3n) is 5.56. The Morgan fingerprint density at radius 3 is 2.29 bits per heavy atom. The van der Waals surface area contributed by atoms with E-state index >= 15 is 0 Å². The van der Waals surface area contributed by atoms with Crippen LogP contribution in [0.2, 0.25) is 10.0 Å². The Kier molecular flexibility index (Phi) is 6.51. The van der Waals surface area contributed by atoms with E-state index in [2.05, 4.69) is 10.4 Å². The van der Waals surface area contributed by atoms with Gasteiger partial charge in [0.1, 0.15) is 17.1 Å². The molecule has 0 bridgehead atoms. The summed E-state index contributed by atoms with van der Waals surface area (Å²) in [5.74, 6) is -1.97. The number of hydrogen-bond donors (Lipinski definition) is 2. The van der Waals surface area contributed by atoms with E-state index in [9.17, 15) is 24.3 Å². The van der Waals surface area contributed by atoms with Gasteiger partial charge in [-0.1, -0.05) is 41.4 Å². The van der Waals surface area contributed by atoms with E-state index in [1.165, 1.54) is 39.7 Å². The van der Waals surface area contributed by atoms with Crippen LogP contribution in [0.15, 0.2) is 58.3 Å². The fourth-order valence-electron chi connectivity index (χ4n) is 3.82. The molecule has 2 N–H and O–H groups in total. The zero-order valence-corrected chi connectivity index (χ0v) is 20.0. The number of hydrogen-bond acceptors (Lipinski definition) is 5. The zero-order chi connectivity index (χ0) is 25.4. The maximum atomic E-state index is 12.9. The monoisotopic (exact) mass is 515 g/mol. The van der Waals surface area contributed by atoms with Gasteiger partial charge in [0.2, 0.25) is 0 Å². The molecule has 12 heteroatoms. The number of rotatable bonds is 6. The summed E-state index contributed by atoms with van der Waals surface area (Å²) in [7, 11) is 3.18. The summed E-state index contributed by atoms with van der Waals surface area (Å²) in [5, 5.41) is 16.6. The molecule has 0 saturated carbocycles. The molecule has 0 aliphatic rings. The number of halogens is 2. The van der Waals surface area contributed by atoms with Crippen molar-refractivity contribution >= 4 is 46.1 Å². The van der Waals surface area contributed by atoms with Gasteiger partial charge in [-0.25, -0.2) is 14.2 Å². The van der Waals surface area contributed by atoms with Gasteiger partial charge in [-0.15, -0.1) is 0 Å². The highest BCUT2D eigenvalue weighted by Crippen LogP contribution is 2.24. The molecule has 4 rings (SSSR count). The van der Waals surface area contributed by atoms with Gasteiger partial charge >= 0.3 is 11.7 Å². The van der Waals surface area contributed by atoms with Crippen molar-refractivity contribution in [3.8, 4) is 5.69 Å². The maximum Gasteiger partial charge on any atom is 0.337 e. The van der Waals surface area contributed by atoms with E-state index < -0.39 is 29.2 Å². The molecule has 35 heavy (non-hydrogen) atoms. The van der Waals surface area contributed by atoms with Crippen molar-refractivity contribution in [3.05, 3.63) is 90.7 Å². The topological polar surface area (TPSA) is 128 Å². The summed E-state index contributed by atoms with van der Waals surface area (Å²) >= 11 is 12.1. The number of benzene rings is 2. The highest BCUT2D eigenvalue weighted by Gasteiger charge is 2.24. The summed E-state index contributed by atoms with van der Waals surface area (Å²) in [6.45, 7) is 0. The Balaban J connectivity index is 1.61. The molecule has 2 aromatic carbocycles. The summed E-state index contributed by atoms with van der Waals surface area (Å²) in [5.41, 5.74) is 0.176. The first kappa shape index (κ1) is 24.2. The number of nitrogens with zero attached hydrogens (tertiary/aromatic N) is 4. The number of nitrogens with one attached hydrogen (secondary N) is 1. The SMILES string of the molecule is Cn1ncc2c(=O)n(-c3ccc(C[C@H](NC(=O)c4c(Cl)cccc4Cl)C(=O)O)cc3)c(=O)n(C)c21. The van der Waals surface area contributed by atoms with E-state index in [0.29, 0.717) is 16.9 Å². The normalized spacial score (nSPS) is 12.0. The van der Waals surface area contributed by atoms with E-state index in [1.54, 1.807) is 32.3 Å². The Hall–Kier alpha value is -3.89. The van der Waals surface area contributed by atoms with Crippen LogP contribution in [-0.2, 0) is 25.3 Å². The second-order valence-electron chi connectivity index (χ2n) is 7.82. The van der Waals surface area contributed by atoms with E-state index in [1.807, 2.05) is 0 Å². The maximum absolute atomic E-state index is 12.9. The van der Waals surface area contributed by atoms with E-state index in [-0.39, 0.29) is 27.4 Å². The van der Waals surface area contributed by atoms with Crippen LogP contribution in [0.5, 0.6) is 0 Å². The molecular weight excluding hydrogens is 497 g/mol. The number of carboxylic acid groups (broad SMARTS) is 1. The Morgan fingerprint density at radius 2 is 1.69 bits per heavy atom. The largest absolute Gasteiger partial charge is 0.480 e. The molecule has 1 amide bonds. The van der Waals surface area contributed by atoms with E-state index in [4.69, 9.17) is 23.2 Å². The third kappa shape index (κ3) is 4.45. The van der Waals surface area contributed by atoms with E-state index in [0.717, 1.165) is 4.57 Å². The van der Waals surface area contributed by atoms with Crippen LogP contribution < -0.4 is 16.6 Å². The number of carboxylic acids is 1. The number of amides is 1. The Bertz CT molecular complexity index is 1570. The molecule has 0 aliphatic heterocycles. The van der Waals surface area contributed by atoms with Crippen LogP contribution in [0.25, 0.3) is 16.7 Å². The molecule has 0 aliphatic carbocycles. The van der Waals surface area contributed by atoms with Crippen molar-refractivity contribution in [2.24, 2.45) is 14.1 Å². The fourth-order valence-corrected chi connectivity index (χ4v) is 4.39. The zero-order valence-electron chi connectivity index (χ0n) is 18.5. The first-order valence-corrected chi connectivity index (χ1v) is 11.1. The third-order valence-corrected chi connectivity index (χ3v) is 6.19. The first-order valence-electron chi connectivity index (χ1n) is 10.3. The van der Waals surface area contributed by atoms with Crippen molar-refractivity contribution in [2.75, 3.05) is 0 Å². The minimum atomic E-state index is -1.27. The van der Waals surface area contributed by atoms with Gasteiger partial charge in [0, 0.05) is 20.5 Å². The number of aryl methyl sites for hydroxylation is 2. The number of fused-ring (bicyclic) bond motifs is 1. The van der Waals surface area contributed by atoms with Crippen molar-refractivity contribution in [2.45, 2.75) is 12.5 Å². The fraction of sp³-hybridized carbons (Fsp3) is 0.174. The molecule has 2 aromatic heterocycles. The summed E-state index contributed by atoms with van der Waals surface area (Å²) in [6, 6.07) is 9.49. The smallest absolute Gasteiger partial charge is 0.337 e. The van der Waals surface area contributed by atoms with Crippen molar-refractivity contribution < 1.29 is 14.7 Å². The second kappa shape index (κ2) is 9.40. The quantitative estimate of drug-likeness (QED) is 0.404. The molecule has 4 aromatic rings. The van der Waals surface area contributed by atoms with Crippen molar-refractivity contribution in [1.82, 2.24) is 24.2 Å². The van der Waals surface area contributed by atoms with Crippen LogP contribution in [-0.4, -0.2) is 41.9 Å². The second-order valence-corrected chi connectivity index (χ2v) is 8.63. The van der Waals surface area contributed by atoms with Crippen LogP contribution >= 0.6 is 23.2 Å². The minimum absolute atomic E-state index is 0.0153. The Labute approximate surface area is 207 Å². The lowest BCUT2D eigenvalue weighted by Crippen LogP contribution is -2.42. The molecule has 0 unspecified atom stereocenters. The van der Waals surface area contributed by atoms with Gasteiger partial charge < -0.3 is 10.4 Å². The molecule has 0 radical (unpaired) electrons. The van der Waals surface area contributed by atoms with Gasteiger partial charge in [-0.2, -0.15) is 5.10 Å². The van der Waals surface area contributed by atoms with Crippen LogP contribution in [0.1, 0.15) is 15.9 Å². The van der Waals surface area contributed by atoms with Crippen molar-refractivity contribution in [3.63, 3.8) is 0 Å². The number of carbonyl (C=O) groups excluding carboxylic acids is 1. The average Bonchev–Trinajstić information content (AvgIpc) is 3.20. The molecular formula is C23H19Cl2N5O5. The van der Waals surface area contributed by atoms with Gasteiger partial charge in [0.25, 0.3) is 11.5 Å². The lowest BCUT2D eigenvalue weighted by Gasteiger charge is -2.16. The standard InChI is InChI=1S/C23H19Cl2N5O5/c1-28-20-14(11-26-29(20)2)21(32)30(23(28)35)13-8-6-12(7-9-13)10-17(22(33)34)27-19(31)18-15(24)4-3-5-16(18)25/h3-9,11,17H,10H2,1-2H3,(H,27,31)(H,33,34)/t17-/m0/s1. The van der Waals surface area contributed by atoms with Crippen LogP contribution in [0.4, 0.5) is 0 Å². The highest BCUT2D eigenvalue weighted by atomic mass is 35.5. The van der Waals surface area contributed by atoms with Gasteiger partial charge in [-0.05, 0) is 29.8 Å². The predicted molar refractivity (Wildman–Crippen MR) is 131 cm³/mol. The summed E-state index contributed by atoms with van der Waals surface area (Å²) in [6.07, 6.45) is 1.34. The number of aliphatic carboxylic acids is 1. The van der Waals surface area contributed by atoms with Gasteiger partial charge in [0.05, 0.1) is 27.5 Å². The molecule has 0 spiro atoms. The Morgan fingerprint density at radius 1 is 1.06 bits per heavy atom. The molecule has 2 heterocycles. The first-order chi connectivity index (χ1) is 16.6. The summed E-state index contributed by atoms with van der Waals surface area (Å²) < 4.78 is 3.79. The average molecular weight is 516 g/mol. The highest BCUT2D eigenvalue weighted by molar-refractivity contribution is 6.39. The summed E-state index contributed by atoms with van der Waals surface area (Å²) in [4.78, 5) is 50.2. The predicted octanol–water partition coefficient (Wildman–Crippen LogP) is 2.16. The molecule has 10 nitrogen and oxygen atoms in total. The lowest BCUT2D eigenvalue weighted by atomic mass is 10.0. The van der Waals surface area contributed by atoms with Crippen LogP contribution in [0.3, 0.4) is 0 Å². The van der Waals surface area contributed by atoms with Crippen LogP contribution in [0, 0.1) is 0 Å². The number of aromatic nitrogens is 4. The lowest BCUT2D eigenvalue weighted by molar-refractivity contribution is -0.139. The minimum Gasteiger partial charge on any atom is -0.480 e. The van der Waals surface area contributed by atoms with Gasteiger partial charge in [-0.3, -0.25) is 18.8 Å². The van der Waals surface area contributed by atoms with Crippen molar-refractivity contribution in [1.29, 1.82) is 0 Å². The molecule has 1 atom stereocenters. The molecule has 180 valence electrons. The van der Waals surface area contributed by atoms with Gasteiger partial charge in [0.15, 0.2) is 0 Å².